The largest absolute Gasteiger partial charge is 0.456 e. The van der Waals surface area contributed by atoms with Crippen LogP contribution in [0.15, 0.2) is 11.0 Å². The number of nitrogens with two attached hydrogens (primary N) is 1. The summed E-state index contributed by atoms with van der Waals surface area (Å²) in [6, 6.07) is 0. The fourth-order valence-corrected chi connectivity index (χ4v) is 2.56. The van der Waals surface area contributed by atoms with E-state index >= 15 is 0 Å². The van der Waals surface area contributed by atoms with Crippen molar-refractivity contribution in [3.05, 3.63) is 28.2 Å². The van der Waals surface area contributed by atoms with Gasteiger partial charge in [-0.15, -0.1) is 0 Å². The summed E-state index contributed by atoms with van der Waals surface area (Å²) in [6.45, 7) is 1.48. The molecule has 4 atom stereocenters. The van der Waals surface area contributed by atoms with Crippen LogP contribution < -0.4 is 11.3 Å². The van der Waals surface area contributed by atoms with E-state index in [-0.39, 0.29) is 0 Å². The normalized spacial score (nSPS) is 24.9. The number of ether oxygens (including phenoxy) is 3. The van der Waals surface area contributed by atoms with Gasteiger partial charge in [0.15, 0.2) is 24.1 Å². The predicted molar refractivity (Wildman–Crippen MR) is 79.1 cm³/mol. The molecule has 0 bridgehead atoms. The Labute approximate surface area is 145 Å². The number of aromatic nitrogens is 2. The second-order valence-electron chi connectivity index (χ2n) is 5.38. The topological polar surface area (TPSA) is 160 Å². The van der Waals surface area contributed by atoms with Crippen LogP contribution in [0, 0.1) is 5.95 Å². The van der Waals surface area contributed by atoms with E-state index in [1.54, 1.807) is 0 Å². The molecule has 2 rings (SSSR count). The van der Waals surface area contributed by atoms with Crippen LogP contribution in [-0.2, 0) is 23.8 Å². The van der Waals surface area contributed by atoms with Gasteiger partial charge in [-0.05, 0) is 0 Å². The van der Waals surface area contributed by atoms with Gasteiger partial charge in [0.1, 0.15) is 6.10 Å². The van der Waals surface area contributed by atoms with Gasteiger partial charge in [0.05, 0.1) is 12.8 Å². The molecule has 0 aromatic carbocycles. The third-order valence-corrected chi connectivity index (χ3v) is 3.48. The van der Waals surface area contributed by atoms with Crippen molar-refractivity contribution in [1.82, 2.24) is 9.55 Å². The summed E-state index contributed by atoms with van der Waals surface area (Å²) in [6.07, 6.45) is -4.72. The molecule has 12 heteroatoms. The summed E-state index contributed by atoms with van der Waals surface area (Å²) in [7, 11) is 0. The Balaban J connectivity index is 2.56. The molecule has 1 amide bonds. The zero-order chi connectivity index (χ0) is 19.6. The number of hydrogen-bond acceptors (Lipinski definition) is 9. The second-order valence-corrected chi connectivity index (χ2v) is 5.38. The van der Waals surface area contributed by atoms with Crippen molar-refractivity contribution in [1.29, 1.82) is 0 Å². The molecule has 0 radical (unpaired) electrons. The highest BCUT2D eigenvalue weighted by Gasteiger charge is 2.50. The van der Waals surface area contributed by atoms with Gasteiger partial charge in [0.2, 0.25) is 5.95 Å². The van der Waals surface area contributed by atoms with Crippen molar-refractivity contribution in [2.75, 3.05) is 6.61 Å². The van der Waals surface area contributed by atoms with Crippen molar-refractivity contribution in [3.63, 3.8) is 0 Å². The average molecular weight is 378 g/mol. The fraction of sp³-hybridized carbons (Fsp3) is 0.500. The lowest BCUT2D eigenvalue weighted by Gasteiger charge is -2.23. The molecule has 1 fully saturated rings. The quantitative estimate of drug-likeness (QED) is 0.446. The number of rotatable bonds is 5. The van der Waals surface area contributed by atoms with E-state index in [1.165, 1.54) is 0 Å². The van der Waals surface area contributed by atoms with Crippen molar-refractivity contribution in [3.8, 4) is 0 Å². The summed E-state index contributed by atoms with van der Waals surface area (Å²) in [5.41, 5.74) is 2.99. The van der Waals surface area contributed by atoms with Gasteiger partial charge < -0.3 is 25.1 Å². The lowest BCUT2D eigenvalue weighted by Crippen LogP contribution is -2.42. The Bertz CT molecular complexity index is 795. The van der Waals surface area contributed by atoms with Gasteiger partial charge in [-0.25, -0.2) is 4.98 Å². The smallest absolute Gasteiger partial charge is 0.303 e. The molecule has 0 saturated carbocycles. The number of aliphatic hydroxyl groups is 1. The van der Waals surface area contributed by atoms with Gasteiger partial charge in [-0.3, -0.25) is 23.7 Å². The highest BCUT2D eigenvalue weighted by Crippen LogP contribution is 2.33. The van der Waals surface area contributed by atoms with E-state index in [9.17, 15) is 28.7 Å². The van der Waals surface area contributed by atoms with E-state index < -0.39 is 66.2 Å². The zero-order valence-corrected chi connectivity index (χ0v) is 13.7. The molecule has 3 N–H and O–H groups in total. The molecule has 1 aromatic rings. The van der Waals surface area contributed by atoms with Gasteiger partial charge in [-0.2, -0.15) is 4.39 Å². The molecule has 142 valence electrons. The highest BCUT2D eigenvalue weighted by atomic mass is 19.1. The molecule has 1 aliphatic heterocycles. The maximum Gasteiger partial charge on any atom is 0.303 e. The van der Waals surface area contributed by atoms with E-state index in [0.29, 0.717) is 10.8 Å². The van der Waals surface area contributed by atoms with Crippen molar-refractivity contribution >= 4 is 17.8 Å². The molecule has 1 aliphatic rings. The summed E-state index contributed by atoms with van der Waals surface area (Å²) in [5.74, 6) is -4.07. The minimum absolute atomic E-state index is 0.599. The van der Waals surface area contributed by atoms with Crippen LogP contribution in [0.4, 0.5) is 4.39 Å². The number of hydrogen-bond donors (Lipinski definition) is 2. The number of nitrogens with zero attached hydrogens (tertiary/aromatic N) is 2. The lowest BCUT2D eigenvalue weighted by molar-refractivity contribution is -0.165. The van der Waals surface area contributed by atoms with Crippen LogP contribution in [0.2, 0.25) is 0 Å². The molecule has 0 unspecified atom stereocenters. The monoisotopic (exact) mass is 378 g/mol. The first-order valence-electron chi connectivity index (χ1n) is 7.35. The predicted octanol–water partition coefficient (Wildman–Crippen LogP) is -1.77. The van der Waals surface area contributed by atoms with E-state index in [1.807, 2.05) is 0 Å². The Morgan fingerprint density at radius 3 is 2.38 bits per heavy atom. The third-order valence-electron chi connectivity index (χ3n) is 3.48. The maximum absolute atomic E-state index is 13.7. The molecule has 1 aromatic heterocycles. The highest BCUT2D eigenvalue weighted by molar-refractivity contribution is 5.90. The number of amides is 1. The molecule has 0 spiro atoms. The molecule has 1 saturated heterocycles. The number of esters is 2. The van der Waals surface area contributed by atoms with Gasteiger partial charge in [0, 0.05) is 13.8 Å². The first-order valence-corrected chi connectivity index (χ1v) is 7.35. The molecule has 11 nitrogen and oxygen atoms in total. The molecular weight excluding hydrogens is 362 g/mol. The van der Waals surface area contributed by atoms with Crippen molar-refractivity contribution in [2.24, 2.45) is 5.73 Å². The number of primary amides is 1. The van der Waals surface area contributed by atoms with Crippen molar-refractivity contribution < 1.29 is 38.1 Å². The molecular formula is C14H16FN3O8. The second kappa shape index (κ2) is 7.58. The standard InChI is InChI=1S/C14H16FN3O8/c1-5(20)24-10-7(4-19)26-14(11(10)25-6(2)21)18-3-8(15)17-9(12(16)22)13(18)23/h3,7,10-11,14,19H,4H2,1-2H3,(H2,16,22)/t7-,10-,11-,14-/m1/s1/i4+1,7+1,10+1,11+1,14+1. The lowest BCUT2D eigenvalue weighted by atomic mass is 10.4. The summed E-state index contributed by atoms with van der Waals surface area (Å²) >= 11 is 0. The summed E-state index contributed by atoms with van der Waals surface area (Å²) < 4.78 is 29.8. The third kappa shape index (κ3) is 3.86. The van der Waals surface area contributed by atoms with Crippen LogP contribution in [0.25, 0.3) is 0 Å². The number of halogens is 1. The minimum atomic E-state index is -1.50. The van der Waals surface area contributed by atoms with Crippen molar-refractivity contribution in [2.45, 2.75) is 38.4 Å². The SMILES string of the molecule is CC(=O)O[13C@@H]1[13C@H](OC(C)=O)[13C@@H]([13CH2]O)O[13C@H]1n1cc(F)nc(C(N)=O)c1=O. The number of carbonyl (C=O) groups is 3. The van der Waals surface area contributed by atoms with Crippen LogP contribution in [0.5, 0.6) is 0 Å². The summed E-state index contributed by atoms with van der Waals surface area (Å²) in [5, 5.41) is 9.43. The van der Waals surface area contributed by atoms with E-state index in [4.69, 9.17) is 19.9 Å². The van der Waals surface area contributed by atoms with E-state index in [0.717, 1.165) is 13.8 Å². The first-order chi connectivity index (χ1) is 12.1. The maximum atomic E-state index is 13.7. The Kier molecular flexibility index (Phi) is 5.67. The van der Waals surface area contributed by atoms with Gasteiger partial charge in [0.25, 0.3) is 11.5 Å². The van der Waals surface area contributed by atoms with Crippen LogP contribution >= 0.6 is 0 Å². The number of carbonyl (C=O) groups excluding carboxylic acids is 3. The average Bonchev–Trinajstić information content (AvgIpc) is 2.85. The molecule has 0 aliphatic carbocycles. The molecule has 26 heavy (non-hydrogen) atoms. The van der Waals surface area contributed by atoms with Crippen LogP contribution in [-0.4, -0.2) is 57.4 Å². The number of aliphatic hydroxyl groups excluding tert-OH is 1. The molecule has 2 heterocycles. The minimum Gasteiger partial charge on any atom is -0.456 e. The fourth-order valence-electron chi connectivity index (χ4n) is 2.56. The Morgan fingerprint density at radius 1 is 1.31 bits per heavy atom. The van der Waals surface area contributed by atoms with Gasteiger partial charge in [-0.1, -0.05) is 0 Å². The zero-order valence-electron chi connectivity index (χ0n) is 13.7. The van der Waals surface area contributed by atoms with E-state index in [2.05, 4.69) is 4.98 Å². The van der Waals surface area contributed by atoms with Crippen LogP contribution in [0.3, 0.4) is 0 Å². The Hall–Kier alpha value is -2.86. The Morgan fingerprint density at radius 2 is 1.88 bits per heavy atom. The summed E-state index contributed by atoms with van der Waals surface area (Å²) in [4.78, 5) is 49.4. The van der Waals surface area contributed by atoms with Crippen LogP contribution in [0.1, 0.15) is 30.6 Å². The first kappa shape index (κ1) is 19.5. The van der Waals surface area contributed by atoms with Gasteiger partial charge >= 0.3 is 11.9 Å².